The van der Waals surface area contributed by atoms with E-state index in [4.69, 9.17) is 15.1 Å². The lowest BCUT2D eigenvalue weighted by Crippen LogP contribution is -2.02. The topological polar surface area (TPSA) is 62.1 Å². The first-order valence-electron chi connectivity index (χ1n) is 4.86. The normalized spacial score (nSPS) is 11.5. The molecule has 1 rings (SSSR count). The summed E-state index contributed by atoms with van der Waals surface area (Å²) in [5.74, 6) is 0.696. The van der Waals surface area contributed by atoms with Crippen molar-refractivity contribution >= 4 is 5.71 Å². The first-order chi connectivity index (χ1) is 7.31. The first kappa shape index (κ1) is 11.5. The molecule has 0 radical (unpaired) electrons. The number of benzene rings is 1. The Kier molecular flexibility index (Phi) is 4.63. The van der Waals surface area contributed by atoms with Gasteiger partial charge in [0.2, 0.25) is 0 Å². The molecule has 0 bridgehead atoms. The Morgan fingerprint density at radius 3 is 2.47 bits per heavy atom. The summed E-state index contributed by atoms with van der Waals surface area (Å²) < 4.78 is 5.20. The minimum absolute atomic E-state index is 0.0000593. The number of ether oxygens (including phenoxy) is 1. The van der Waals surface area contributed by atoms with Gasteiger partial charge in [0.15, 0.2) is 0 Å². The van der Waals surface area contributed by atoms with E-state index in [1.807, 2.05) is 19.1 Å². The molecular formula is C11H15NO3. The van der Waals surface area contributed by atoms with Crippen LogP contribution < -0.4 is 4.74 Å². The average Bonchev–Trinajstić information content (AvgIpc) is 2.29. The van der Waals surface area contributed by atoms with E-state index >= 15 is 0 Å². The summed E-state index contributed by atoms with van der Waals surface area (Å²) in [6.45, 7) is 2.21. The minimum atomic E-state index is 0.0000593. The smallest absolute Gasteiger partial charge is 0.119 e. The van der Waals surface area contributed by atoms with Crippen molar-refractivity contribution in [1.29, 1.82) is 0 Å². The zero-order valence-corrected chi connectivity index (χ0v) is 8.68. The van der Waals surface area contributed by atoms with E-state index in [1.165, 1.54) is 0 Å². The van der Waals surface area contributed by atoms with E-state index in [2.05, 4.69) is 5.16 Å². The summed E-state index contributed by atoms with van der Waals surface area (Å²) in [7, 11) is 0. The van der Waals surface area contributed by atoms with Gasteiger partial charge in [-0.3, -0.25) is 0 Å². The summed E-state index contributed by atoms with van der Waals surface area (Å²) in [6.07, 6.45) is 0.674. The molecule has 1 aromatic rings. The molecule has 0 heterocycles. The van der Waals surface area contributed by atoms with Gasteiger partial charge >= 0.3 is 0 Å². The Labute approximate surface area is 88.8 Å². The third kappa shape index (κ3) is 3.25. The van der Waals surface area contributed by atoms with Crippen molar-refractivity contribution in [2.24, 2.45) is 5.16 Å². The molecule has 82 valence electrons. The predicted octanol–water partition coefficient (Wildman–Crippen LogP) is 1.65. The molecule has 15 heavy (non-hydrogen) atoms. The zero-order valence-electron chi connectivity index (χ0n) is 8.68. The number of rotatable bonds is 5. The maximum Gasteiger partial charge on any atom is 0.119 e. The zero-order chi connectivity index (χ0) is 11.1. The third-order valence-corrected chi connectivity index (χ3v) is 2.00. The van der Waals surface area contributed by atoms with Crippen LogP contribution in [0.5, 0.6) is 5.75 Å². The Balaban J connectivity index is 2.71. The molecule has 4 nitrogen and oxygen atoms in total. The van der Waals surface area contributed by atoms with Crippen LogP contribution in [0.3, 0.4) is 0 Å². The number of nitrogens with zero attached hydrogens (tertiary/aromatic N) is 1. The highest BCUT2D eigenvalue weighted by Crippen LogP contribution is 2.13. The quantitative estimate of drug-likeness (QED) is 0.440. The minimum Gasteiger partial charge on any atom is -0.491 e. The van der Waals surface area contributed by atoms with Gasteiger partial charge in [-0.05, 0) is 36.2 Å². The van der Waals surface area contributed by atoms with Gasteiger partial charge in [-0.15, -0.1) is 0 Å². The van der Waals surface area contributed by atoms with Crippen LogP contribution in [0.1, 0.15) is 18.9 Å². The Morgan fingerprint density at radius 2 is 2.00 bits per heavy atom. The second kappa shape index (κ2) is 6.03. The molecular weight excluding hydrogens is 194 g/mol. The summed E-state index contributed by atoms with van der Waals surface area (Å²) in [5, 5.41) is 20.5. The summed E-state index contributed by atoms with van der Waals surface area (Å²) >= 11 is 0. The fourth-order valence-electron chi connectivity index (χ4n) is 1.24. The lowest BCUT2D eigenvalue weighted by Gasteiger charge is -2.05. The molecule has 0 unspecified atom stereocenters. The molecule has 0 saturated heterocycles. The summed E-state index contributed by atoms with van der Waals surface area (Å²) in [4.78, 5) is 0. The fraction of sp³-hybridized carbons (Fsp3) is 0.364. The Bertz CT molecular complexity index is 319. The number of oxime groups is 1. The van der Waals surface area contributed by atoms with Crippen molar-refractivity contribution in [1.82, 2.24) is 0 Å². The summed E-state index contributed by atoms with van der Waals surface area (Å²) in [5.41, 5.74) is 1.51. The molecule has 2 N–H and O–H groups in total. The highest BCUT2D eigenvalue weighted by atomic mass is 16.5. The van der Waals surface area contributed by atoms with Crippen LogP contribution in [0.15, 0.2) is 29.4 Å². The van der Waals surface area contributed by atoms with Crippen molar-refractivity contribution in [3.8, 4) is 5.75 Å². The summed E-state index contributed by atoms with van der Waals surface area (Å²) in [6, 6.07) is 7.22. The Morgan fingerprint density at radius 1 is 1.33 bits per heavy atom. The van der Waals surface area contributed by atoms with Crippen LogP contribution in [0.4, 0.5) is 0 Å². The molecule has 0 aliphatic rings. The van der Waals surface area contributed by atoms with Crippen molar-refractivity contribution in [2.75, 3.05) is 13.2 Å². The maximum absolute atomic E-state index is 8.71. The van der Waals surface area contributed by atoms with Crippen LogP contribution in [0, 0.1) is 0 Å². The molecule has 0 aliphatic carbocycles. The fourth-order valence-corrected chi connectivity index (χ4v) is 1.24. The molecule has 0 saturated carbocycles. The van der Waals surface area contributed by atoms with E-state index in [-0.39, 0.29) is 13.2 Å². The van der Waals surface area contributed by atoms with E-state index in [1.54, 1.807) is 12.1 Å². The maximum atomic E-state index is 8.71. The van der Waals surface area contributed by atoms with Crippen LogP contribution in [0.2, 0.25) is 0 Å². The van der Waals surface area contributed by atoms with Gasteiger partial charge in [0.25, 0.3) is 0 Å². The largest absolute Gasteiger partial charge is 0.491 e. The number of hydrogen-bond acceptors (Lipinski definition) is 4. The van der Waals surface area contributed by atoms with Crippen molar-refractivity contribution in [3.05, 3.63) is 29.8 Å². The lowest BCUT2D eigenvalue weighted by molar-refractivity contribution is 0.201. The van der Waals surface area contributed by atoms with Gasteiger partial charge < -0.3 is 15.1 Å². The van der Waals surface area contributed by atoms with Gasteiger partial charge in [-0.1, -0.05) is 12.1 Å². The van der Waals surface area contributed by atoms with Gasteiger partial charge in [0, 0.05) is 0 Å². The van der Waals surface area contributed by atoms with E-state index in [0.717, 1.165) is 5.56 Å². The molecule has 0 aromatic heterocycles. The second-order valence-electron chi connectivity index (χ2n) is 3.00. The highest BCUT2D eigenvalue weighted by Gasteiger charge is 2.01. The van der Waals surface area contributed by atoms with Crippen molar-refractivity contribution < 1.29 is 15.1 Å². The molecule has 1 aromatic carbocycles. The van der Waals surface area contributed by atoms with Crippen molar-refractivity contribution in [2.45, 2.75) is 13.3 Å². The SMILES string of the molecule is CC/C(=N/O)c1ccc(OCCO)cc1. The van der Waals surface area contributed by atoms with Gasteiger partial charge in [0.05, 0.1) is 12.3 Å². The monoisotopic (exact) mass is 209 g/mol. The molecule has 0 amide bonds. The average molecular weight is 209 g/mol. The second-order valence-corrected chi connectivity index (χ2v) is 3.00. The molecule has 0 aliphatic heterocycles. The predicted molar refractivity (Wildman–Crippen MR) is 57.6 cm³/mol. The standard InChI is InChI=1S/C11H15NO3/c1-2-11(12-14)9-3-5-10(6-4-9)15-8-7-13/h3-6,13-14H,2,7-8H2,1H3/b12-11-. The highest BCUT2D eigenvalue weighted by molar-refractivity contribution is 6.00. The van der Waals surface area contributed by atoms with E-state index in [9.17, 15) is 0 Å². The first-order valence-corrected chi connectivity index (χ1v) is 4.86. The number of aliphatic hydroxyl groups is 1. The van der Waals surface area contributed by atoms with Crippen LogP contribution in [0.25, 0.3) is 0 Å². The molecule has 0 atom stereocenters. The van der Waals surface area contributed by atoms with E-state index in [0.29, 0.717) is 17.9 Å². The molecule has 0 fully saturated rings. The Hall–Kier alpha value is -1.55. The van der Waals surface area contributed by atoms with Gasteiger partial charge in [-0.25, -0.2) is 0 Å². The lowest BCUT2D eigenvalue weighted by atomic mass is 10.1. The van der Waals surface area contributed by atoms with Gasteiger partial charge in [-0.2, -0.15) is 0 Å². The third-order valence-electron chi connectivity index (χ3n) is 2.00. The number of aliphatic hydroxyl groups excluding tert-OH is 1. The molecule has 0 spiro atoms. The van der Waals surface area contributed by atoms with E-state index < -0.39 is 0 Å². The van der Waals surface area contributed by atoms with Crippen LogP contribution in [-0.2, 0) is 0 Å². The number of hydrogen-bond donors (Lipinski definition) is 2. The van der Waals surface area contributed by atoms with Gasteiger partial charge in [0.1, 0.15) is 12.4 Å². The van der Waals surface area contributed by atoms with Crippen LogP contribution >= 0.6 is 0 Å². The van der Waals surface area contributed by atoms with Crippen molar-refractivity contribution in [3.63, 3.8) is 0 Å². The molecule has 4 heteroatoms. The van der Waals surface area contributed by atoms with Crippen LogP contribution in [-0.4, -0.2) is 29.2 Å².